The normalized spacial score (nSPS) is 19.2. The van der Waals surface area contributed by atoms with Gasteiger partial charge < -0.3 is 19.7 Å². The maximum atomic E-state index is 12.7. The largest absolute Gasteiger partial charge is 0.352 e. The maximum absolute atomic E-state index is 12.7. The van der Waals surface area contributed by atoms with Crippen LogP contribution in [0.2, 0.25) is 0 Å². The Balaban J connectivity index is 1.60. The van der Waals surface area contributed by atoms with Crippen molar-refractivity contribution in [3.8, 4) is 0 Å². The van der Waals surface area contributed by atoms with E-state index in [1.54, 1.807) is 17.0 Å². The van der Waals surface area contributed by atoms with E-state index < -0.39 is 5.79 Å². The van der Waals surface area contributed by atoms with Crippen LogP contribution in [0.1, 0.15) is 53.5 Å². The monoisotopic (exact) mass is 347 g/mol. The molecule has 2 saturated heterocycles. The number of pyridine rings is 1. The number of carbonyl (C=O) groups excluding carboxylic acids is 2. The van der Waals surface area contributed by atoms with E-state index in [2.05, 4.69) is 17.2 Å². The van der Waals surface area contributed by atoms with Gasteiger partial charge in [0.15, 0.2) is 5.79 Å². The Kier molecular flexibility index (Phi) is 5.65. The average Bonchev–Trinajstić information content (AvgIpc) is 3.10. The lowest BCUT2D eigenvalue weighted by Crippen LogP contribution is -2.47. The Labute approximate surface area is 147 Å². The topological polar surface area (TPSA) is 80.8 Å². The van der Waals surface area contributed by atoms with E-state index in [1.165, 1.54) is 6.20 Å². The van der Waals surface area contributed by atoms with Gasteiger partial charge in [0, 0.05) is 44.2 Å². The van der Waals surface area contributed by atoms with Crippen molar-refractivity contribution in [2.75, 3.05) is 32.8 Å². The van der Waals surface area contributed by atoms with Gasteiger partial charge in [-0.05, 0) is 18.6 Å². The number of hydrogen-bond donors (Lipinski definition) is 1. The second kappa shape index (κ2) is 7.93. The first kappa shape index (κ1) is 17.8. The van der Waals surface area contributed by atoms with Crippen molar-refractivity contribution < 1.29 is 19.1 Å². The standard InChI is InChI=1S/C18H25N3O4/c1-2-3-7-20-16(22)14-4-8-19-15(13-14)17(23)21-9-5-18(6-10-21)24-11-12-25-18/h4,8,13H,2-3,5-7,9-12H2,1H3,(H,20,22). The van der Waals surface area contributed by atoms with Gasteiger partial charge in [0.25, 0.3) is 11.8 Å². The fraction of sp³-hybridized carbons (Fsp3) is 0.611. The first-order valence-electron chi connectivity index (χ1n) is 8.95. The lowest BCUT2D eigenvalue weighted by Gasteiger charge is -2.37. The van der Waals surface area contributed by atoms with Crippen molar-refractivity contribution in [3.63, 3.8) is 0 Å². The summed E-state index contributed by atoms with van der Waals surface area (Å²) in [6, 6.07) is 3.19. The highest BCUT2D eigenvalue weighted by Gasteiger charge is 2.41. The van der Waals surface area contributed by atoms with Crippen LogP contribution in [-0.2, 0) is 9.47 Å². The van der Waals surface area contributed by atoms with Crippen LogP contribution in [0.3, 0.4) is 0 Å². The lowest BCUT2D eigenvalue weighted by molar-refractivity contribution is -0.181. The quantitative estimate of drug-likeness (QED) is 0.818. The summed E-state index contributed by atoms with van der Waals surface area (Å²) >= 11 is 0. The first-order chi connectivity index (χ1) is 12.1. The van der Waals surface area contributed by atoms with Crippen LogP contribution in [0.25, 0.3) is 0 Å². The van der Waals surface area contributed by atoms with Crippen molar-refractivity contribution >= 4 is 11.8 Å². The van der Waals surface area contributed by atoms with Gasteiger partial charge in [-0.1, -0.05) is 13.3 Å². The van der Waals surface area contributed by atoms with Crippen molar-refractivity contribution in [1.29, 1.82) is 0 Å². The maximum Gasteiger partial charge on any atom is 0.272 e. The number of hydrogen-bond acceptors (Lipinski definition) is 5. The van der Waals surface area contributed by atoms with Crippen molar-refractivity contribution in [3.05, 3.63) is 29.6 Å². The Morgan fingerprint density at radius 2 is 2.00 bits per heavy atom. The first-order valence-corrected chi connectivity index (χ1v) is 8.95. The number of unbranched alkanes of at least 4 members (excludes halogenated alkanes) is 1. The lowest BCUT2D eigenvalue weighted by atomic mass is 10.0. The molecule has 0 bridgehead atoms. The van der Waals surface area contributed by atoms with Crippen LogP contribution in [0.15, 0.2) is 18.3 Å². The number of aromatic nitrogens is 1. The summed E-state index contributed by atoms with van der Waals surface area (Å²) in [6.07, 6.45) is 4.79. The molecule has 1 N–H and O–H groups in total. The molecule has 0 aliphatic carbocycles. The fourth-order valence-electron chi connectivity index (χ4n) is 3.17. The molecule has 1 aromatic heterocycles. The van der Waals surface area contributed by atoms with Crippen LogP contribution in [0.4, 0.5) is 0 Å². The molecule has 3 heterocycles. The molecule has 0 atom stereocenters. The molecule has 2 amide bonds. The summed E-state index contributed by atoms with van der Waals surface area (Å²) in [7, 11) is 0. The van der Waals surface area contributed by atoms with Gasteiger partial charge in [-0.15, -0.1) is 0 Å². The van der Waals surface area contributed by atoms with Crippen LogP contribution < -0.4 is 5.32 Å². The molecule has 2 aliphatic heterocycles. The molecule has 0 radical (unpaired) electrons. The second-order valence-corrected chi connectivity index (χ2v) is 6.44. The molecule has 0 aromatic carbocycles. The smallest absolute Gasteiger partial charge is 0.272 e. The third kappa shape index (κ3) is 4.16. The van der Waals surface area contributed by atoms with Gasteiger partial charge >= 0.3 is 0 Å². The van der Waals surface area contributed by atoms with E-state index >= 15 is 0 Å². The minimum atomic E-state index is -0.509. The number of ether oxygens (including phenoxy) is 2. The van der Waals surface area contributed by atoms with Crippen LogP contribution in [-0.4, -0.2) is 60.3 Å². The molecule has 136 valence electrons. The van der Waals surface area contributed by atoms with Crippen LogP contribution in [0.5, 0.6) is 0 Å². The van der Waals surface area contributed by atoms with Gasteiger partial charge in [0.05, 0.1) is 13.2 Å². The molecular weight excluding hydrogens is 322 g/mol. The molecule has 7 heteroatoms. The third-order valence-corrected chi connectivity index (χ3v) is 4.68. The third-order valence-electron chi connectivity index (χ3n) is 4.68. The summed E-state index contributed by atoms with van der Waals surface area (Å²) < 4.78 is 11.4. The minimum Gasteiger partial charge on any atom is -0.352 e. The predicted molar refractivity (Wildman–Crippen MR) is 91.3 cm³/mol. The van der Waals surface area contributed by atoms with Gasteiger partial charge in [0.2, 0.25) is 0 Å². The van der Waals surface area contributed by atoms with Gasteiger partial charge in [-0.25, -0.2) is 0 Å². The van der Waals surface area contributed by atoms with Crippen molar-refractivity contribution in [2.24, 2.45) is 0 Å². The summed E-state index contributed by atoms with van der Waals surface area (Å²) in [5.41, 5.74) is 0.762. The van der Waals surface area contributed by atoms with Crippen LogP contribution in [0, 0.1) is 0 Å². The number of nitrogens with zero attached hydrogens (tertiary/aromatic N) is 2. The zero-order valence-electron chi connectivity index (χ0n) is 14.6. The zero-order chi connectivity index (χ0) is 17.7. The second-order valence-electron chi connectivity index (χ2n) is 6.44. The van der Waals surface area contributed by atoms with E-state index in [0.717, 1.165) is 12.8 Å². The molecule has 1 spiro atoms. The Bertz CT molecular complexity index is 619. The van der Waals surface area contributed by atoms with E-state index in [1.807, 2.05) is 0 Å². The van der Waals surface area contributed by atoms with Gasteiger partial charge in [-0.2, -0.15) is 0 Å². The zero-order valence-corrected chi connectivity index (χ0v) is 14.6. The molecule has 3 rings (SSSR count). The van der Waals surface area contributed by atoms with E-state index in [4.69, 9.17) is 9.47 Å². The van der Waals surface area contributed by atoms with Gasteiger partial charge in [-0.3, -0.25) is 14.6 Å². The molecular formula is C18H25N3O4. The summed E-state index contributed by atoms with van der Waals surface area (Å²) in [5.74, 6) is -0.836. The highest BCUT2D eigenvalue weighted by atomic mass is 16.7. The Morgan fingerprint density at radius 1 is 1.28 bits per heavy atom. The molecule has 0 saturated carbocycles. The molecule has 2 fully saturated rings. The molecule has 7 nitrogen and oxygen atoms in total. The van der Waals surface area contributed by atoms with Crippen LogP contribution >= 0.6 is 0 Å². The van der Waals surface area contributed by atoms with Crippen molar-refractivity contribution in [1.82, 2.24) is 15.2 Å². The van der Waals surface area contributed by atoms with Crippen molar-refractivity contribution in [2.45, 2.75) is 38.4 Å². The van der Waals surface area contributed by atoms with E-state index in [-0.39, 0.29) is 11.8 Å². The minimum absolute atomic E-state index is 0.156. The van der Waals surface area contributed by atoms with E-state index in [0.29, 0.717) is 56.9 Å². The van der Waals surface area contributed by atoms with E-state index in [9.17, 15) is 9.59 Å². The highest BCUT2D eigenvalue weighted by molar-refractivity contribution is 5.98. The number of nitrogens with one attached hydrogen (secondary N) is 1. The Hall–Kier alpha value is -1.99. The summed E-state index contributed by atoms with van der Waals surface area (Å²) in [6.45, 7) is 5.06. The number of rotatable bonds is 5. The molecule has 25 heavy (non-hydrogen) atoms. The number of likely N-dealkylation sites (tertiary alicyclic amines) is 1. The molecule has 0 unspecified atom stereocenters. The summed E-state index contributed by atoms with van der Waals surface area (Å²) in [5, 5.41) is 2.85. The number of piperidine rings is 1. The average molecular weight is 347 g/mol. The number of carbonyl (C=O) groups is 2. The Morgan fingerprint density at radius 3 is 2.68 bits per heavy atom. The SMILES string of the molecule is CCCCNC(=O)c1ccnc(C(=O)N2CCC3(CC2)OCCO3)c1. The molecule has 2 aliphatic rings. The number of amides is 2. The predicted octanol–water partition coefficient (Wildman–Crippen LogP) is 1.59. The summed E-state index contributed by atoms with van der Waals surface area (Å²) in [4.78, 5) is 30.7. The fourth-order valence-corrected chi connectivity index (χ4v) is 3.17. The molecule has 1 aromatic rings. The highest BCUT2D eigenvalue weighted by Crippen LogP contribution is 2.31. The van der Waals surface area contributed by atoms with Gasteiger partial charge in [0.1, 0.15) is 5.69 Å².